The van der Waals surface area contributed by atoms with E-state index in [1.54, 1.807) is 23.1 Å². The third kappa shape index (κ3) is 7.59. The number of alkyl carbamates (subject to hydrolysis) is 1. The molecule has 1 unspecified atom stereocenters. The maximum absolute atomic E-state index is 14.6. The number of ether oxygens (including phenoxy) is 2. The van der Waals surface area contributed by atoms with E-state index in [2.05, 4.69) is 25.0 Å². The van der Waals surface area contributed by atoms with Gasteiger partial charge in [0.05, 0.1) is 12.6 Å². The molecule has 1 saturated heterocycles. The Kier molecular flexibility index (Phi) is 8.49. The molecule has 2 amide bonds. The number of carbonyl (C=O) groups is 2. The zero-order valence-corrected chi connectivity index (χ0v) is 20.6. The first kappa shape index (κ1) is 24.8. The van der Waals surface area contributed by atoms with Crippen LogP contribution in [0.4, 0.5) is 14.0 Å². The highest BCUT2D eigenvalue weighted by Gasteiger charge is 2.35. The fourth-order valence-corrected chi connectivity index (χ4v) is 4.53. The van der Waals surface area contributed by atoms with Crippen molar-refractivity contribution in [1.29, 1.82) is 0 Å². The standard InChI is InChI=1S/C25H33FN2O4Si/c1-33(2,3)16-15-31-24(29)27-20-13-14-28(23(17-20)21-11-7-8-12-22(21)26)25(30)32-18-19-9-5-4-6-10-19/h4-12,20,23H,13-18H2,1-3H3,(H,27,29)/t20?,23-/m1/s1. The van der Waals surface area contributed by atoms with Crippen molar-refractivity contribution in [2.45, 2.75) is 57.2 Å². The number of carbonyl (C=O) groups excluding carboxylic acids is 2. The van der Waals surface area contributed by atoms with Gasteiger partial charge in [-0.25, -0.2) is 14.0 Å². The maximum atomic E-state index is 14.6. The molecule has 178 valence electrons. The largest absolute Gasteiger partial charge is 0.450 e. The number of amides is 2. The molecule has 1 heterocycles. The van der Waals surface area contributed by atoms with E-state index in [1.165, 1.54) is 6.07 Å². The zero-order valence-electron chi connectivity index (χ0n) is 19.6. The molecule has 33 heavy (non-hydrogen) atoms. The predicted octanol–water partition coefficient (Wildman–Crippen LogP) is 5.73. The highest BCUT2D eigenvalue weighted by atomic mass is 28.3. The van der Waals surface area contributed by atoms with Gasteiger partial charge in [0, 0.05) is 26.2 Å². The minimum atomic E-state index is -1.30. The van der Waals surface area contributed by atoms with Gasteiger partial charge in [-0.15, -0.1) is 0 Å². The van der Waals surface area contributed by atoms with Crippen molar-refractivity contribution in [3.05, 3.63) is 71.5 Å². The Bertz CT molecular complexity index is 936. The Labute approximate surface area is 196 Å². The van der Waals surface area contributed by atoms with Crippen LogP contribution in [0.25, 0.3) is 0 Å². The quantitative estimate of drug-likeness (QED) is 0.523. The molecule has 3 rings (SSSR count). The number of halogens is 1. The zero-order chi connectivity index (χ0) is 23.8. The van der Waals surface area contributed by atoms with Crippen LogP contribution < -0.4 is 5.32 Å². The van der Waals surface area contributed by atoms with Crippen molar-refractivity contribution in [2.75, 3.05) is 13.2 Å². The van der Waals surface area contributed by atoms with Gasteiger partial charge in [-0.2, -0.15) is 0 Å². The number of nitrogens with zero attached hydrogens (tertiary/aromatic N) is 1. The van der Waals surface area contributed by atoms with Crippen molar-refractivity contribution in [3.8, 4) is 0 Å². The molecular formula is C25H33FN2O4Si. The number of nitrogens with one attached hydrogen (secondary N) is 1. The van der Waals surface area contributed by atoms with Gasteiger partial charge < -0.3 is 19.7 Å². The summed E-state index contributed by atoms with van der Waals surface area (Å²) in [5.74, 6) is -0.387. The lowest BCUT2D eigenvalue weighted by atomic mass is 9.92. The summed E-state index contributed by atoms with van der Waals surface area (Å²) in [4.78, 5) is 26.7. The summed E-state index contributed by atoms with van der Waals surface area (Å²) < 4.78 is 25.5. The first-order chi connectivity index (χ1) is 15.7. The lowest BCUT2D eigenvalue weighted by molar-refractivity contribution is 0.0597. The molecular weight excluding hydrogens is 439 g/mol. The Morgan fingerprint density at radius 1 is 1.06 bits per heavy atom. The van der Waals surface area contributed by atoms with Crippen LogP contribution in [0.3, 0.4) is 0 Å². The number of rotatable bonds is 7. The lowest BCUT2D eigenvalue weighted by Crippen LogP contribution is -2.48. The molecule has 0 spiro atoms. The van der Waals surface area contributed by atoms with Crippen LogP contribution >= 0.6 is 0 Å². The number of likely N-dealkylation sites (tertiary alicyclic amines) is 1. The van der Waals surface area contributed by atoms with E-state index in [0.29, 0.717) is 31.6 Å². The Balaban J connectivity index is 1.65. The van der Waals surface area contributed by atoms with E-state index < -0.39 is 26.3 Å². The predicted molar refractivity (Wildman–Crippen MR) is 128 cm³/mol. The first-order valence-corrected chi connectivity index (χ1v) is 15.1. The second kappa shape index (κ2) is 11.3. The monoisotopic (exact) mass is 472 g/mol. The van der Waals surface area contributed by atoms with Crippen LogP contribution in [0.2, 0.25) is 25.7 Å². The SMILES string of the molecule is C[Si](C)(C)CCOC(=O)NC1CCN(C(=O)OCc2ccccc2)[C@@H](c2ccccc2F)C1. The molecule has 0 aliphatic carbocycles. The van der Waals surface area contributed by atoms with Crippen molar-refractivity contribution < 1.29 is 23.5 Å². The number of hydrogen-bond acceptors (Lipinski definition) is 4. The third-order valence-corrected chi connectivity index (χ3v) is 7.42. The molecule has 0 saturated carbocycles. The van der Waals surface area contributed by atoms with Crippen LogP contribution in [0, 0.1) is 5.82 Å². The molecule has 8 heteroatoms. The Morgan fingerprint density at radius 3 is 2.45 bits per heavy atom. The summed E-state index contributed by atoms with van der Waals surface area (Å²) in [6, 6.07) is 15.9. The number of hydrogen-bond donors (Lipinski definition) is 1. The number of benzene rings is 2. The highest BCUT2D eigenvalue weighted by molar-refractivity contribution is 6.76. The van der Waals surface area contributed by atoms with Crippen molar-refractivity contribution in [3.63, 3.8) is 0 Å². The summed E-state index contributed by atoms with van der Waals surface area (Å²) >= 11 is 0. The third-order valence-electron chi connectivity index (χ3n) is 5.71. The Morgan fingerprint density at radius 2 is 1.76 bits per heavy atom. The molecule has 1 aliphatic heterocycles. The lowest BCUT2D eigenvalue weighted by Gasteiger charge is -2.39. The average molecular weight is 473 g/mol. The summed E-state index contributed by atoms with van der Waals surface area (Å²) in [5, 5.41) is 2.89. The smallest absolute Gasteiger partial charge is 0.410 e. The van der Waals surface area contributed by atoms with Crippen molar-refractivity contribution in [1.82, 2.24) is 10.2 Å². The van der Waals surface area contributed by atoms with E-state index in [-0.39, 0.29) is 18.5 Å². The fourth-order valence-electron chi connectivity index (χ4n) is 3.82. The molecule has 1 aliphatic rings. The summed E-state index contributed by atoms with van der Waals surface area (Å²) in [6.45, 7) is 7.54. The van der Waals surface area contributed by atoms with Gasteiger partial charge in [0.25, 0.3) is 0 Å². The summed E-state index contributed by atoms with van der Waals surface area (Å²) in [5.41, 5.74) is 1.29. The average Bonchev–Trinajstić information content (AvgIpc) is 2.77. The first-order valence-electron chi connectivity index (χ1n) is 11.4. The van der Waals surface area contributed by atoms with Crippen LogP contribution in [0.15, 0.2) is 54.6 Å². The molecule has 0 aromatic heterocycles. The van der Waals surface area contributed by atoms with E-state index in [1.807, 2.05) is 30.3 Å². The van der Waals surface area contributed by atoms with Gasteiger partial charge in [0.2, 0.25) is 0 Å². The van der Waals surface area contributed by atoms with Crippen molar-refractivity contribution >= 4 is 20.3 Å². The van der Waals surface area contributed by atoms with Crippen molar-refractivity contribution in [2.24, 2.45) is 0 Å². The van der Waals surface area contributed by atoms with E-state index in [4.69, 9.17) is 9.47 Å². The molecule has 2 aromatic carbocycles. The topological polar surface area (TPSA) is 67.9 Å². The van der Waals surface area contributed by atoms with Crippen LogP contribution in [-0.2, 0) is 16.1 Å². The van der Waals surface area contributed by atoms with Gasteiger partial charge >= 0.3 is 12.2 Å². The molecule has 1 fully saturated rings. The van der Waals surface area contributed by atoms with Gasteiger partial charge in [0.15, 0.2) is 0 Å². The second-order valence-corrected chi connectivity index (χ2v) is 15.2. The van der Waals surface area contributed by atoms with Crippen LogP contribution in [0.5, 0.6) is 0 Å². The Hall–Kier alpha value is -2.87. The van der Waals surface area contributed by atoms with E-state index in [9.17, 15) is 14.0 Å². The minimum absolute atomic E-state index is 0.144. The molecule has 2 aromatic rings. The molecule has 0 bridgehead atoms. The minimum Gasteiger partial charge on any atom is -0.450 e. The van der Waals surface area contributed by atoms with Gasteiger partial charge in [0.1, 0.15) is 12.4 Å². The van der Waals surface area contributed by atoms with E-state index >= 15 is 0 Å². The maximum Gasteiger partial charge on any atom is 0.410 e. The number of piperidine rings is 1. The van der Waals surface area contributed by atoms with E-state index in [0.717, 1.165) is 11.6 Å². The van der Waals surface area contributed by atoms with Gasteiger partial charge in [-0.3, -0.25) is 0 Å². The van der Waals surface area contributed by atoms with Gasteiger partial charge in [-0.1, -0.05) is 68.2 Å². The summed E-state index contributed by atoms with van der Waals surface area (Å²) in [6.07, 6.45) is -0.0483. The van der Waals surface area contributed by atoms with Crippen LogP contribution in [-0.4, -0.2) is 44.4 Å². The fraction of sp³-hybridized carbons (Fsp3) is 0.440. The highest BCUT2D eigenvalue weighted by Crippen LogP contribution is 2.33. The normalized spacial score (nSPS) is 18.5. The summed E-state index contributed by atoms with van der Waals surface area (Å²) in [7, 11) is -1.30. The van der Waals surface area contributed by atoms with Gasteiger partial charge in [-0.05, 0) is 30.5 Å². The molecule has 0 radical (unpaired) electrons. The second-order valence-electron chi connectivity index (χ2n) is 9.58. The van der Waals surface area contributed by atoms with Crippen LogP contribution in [0.1, 0.15) is 30.0 Å². The molecule has 6 nitrogen and oxygen atoms in total. The molecule has 2 atom stereocenters. The molecule has 1 N–H and O–H groups in total.